The third-order valence-corrected chi connectivity index (χ3v) is 7.01. The smallest absolute Gasteiger partial charge is 0.301 e. The zero-order valence-electron chi connectivity index (χ0n) is 19.0. The van der Waals surface area contributed by atoms with Crippen molar-refractivity contribution in [3.8, 4) is 6.07 Å². The van der Waals surface area contributed by atoms with E-state index < -0.39 is 17.2 Å². The minimum absolute atomic E-state index is 0.223. The lowest BCUT2D eigenvalue weighted by atomic mass is 9.60. The third-order valence-electron chi connectivity index (χ3n) is 7.01. The van der Waals surface area contributed by atoms with Crippen LogP contribution in [0.1, 0.15) is 62.6 Å². The summed E-state index contributed by atoms with van der Waals surface area (Å²) < 4.78 is 39.1. The Kier molecular flexibility index (Phi) is 8.00. The zero-order chi connectivity index (χ0) is 23.2. The van der Waals surface area contributed by atoms with Gasteiger partial charge < -0.3 is 4.90 Å². The number of alkyl halides is 3. The number of halogens is 3. The molecule has 3 rings (SSSR count). The molecule has 0 aliphatic heterocycles. The average molecular weight is 443 g/mol. The summed E-state index contributed by atoms with van der Waals surface area (Å²) in [4.78, 5) is 2.43. The Bertz CT molecular complexity index is 880. The predicted octanol–water partition coefficient (Wildman–Crippen LogP) is 7.00. The lowest BCUT2D eigenvalue weighted by molar-refractivity contribution is -0.137. The number of nitrogens with zero attached hydrogens (tertiary/aromatic N) is 2. The zero-order valence-corrected chi connectivity index (χ0v) is 19.0. The Morgan fingerprint density at radius 2 is 1.59 bits per heavy atom. The summed E-state index contributed by atoms with van der Waals surface area (Å²) in [5.41, 5.74) is 0.681. The molecule has 1 fully saturated rings. The van der Waals surface area contributed by atoms with Crippen molar-refractivity contribution in [3.05, 3.63) is 71.3 Å². The number of nitriles is 1. The van der Waals surface area contributed by atoms with Gasteiger partial charge in [-0.3, -0.25) is 0 Å². The van der Waals surface area contributed by atoms with Crippen molar-refractivity contribution in [1.82, 2.24) is 4.90 Å². The summed E-state index contributed by atoms with van der Waals surface area (Å²) in [5.74, 6) is 0.223. The van der Waals surface area contributed by atoms with E-state index >= 15 is 0 Å². The quantitative estimate of drug-likeness (QED) is 0.396. The molecule has 0 heterocycles. The lowest BCUT2D eigenvalue weighted by Gasteiger charge is -2.41. The first-order chi connectivity index (χ1) is 15.3. The molecule has 2 aromatic rings. The van der Waals surface area contributed by atoms with Gasteiger partial charge in [0.05, 0.1) is 17.0 Å². The van der Waals surface area contributed by atoms with Gasteiger partial charge in [0.15, 0.2) is 0 Å². The van der Waals surface area contributed by atoms with Crippen molar-refractivity contribution in [2.45, 2.75) is 70.0 Å². The Morgan fingerprint density at radius 3 is 2.09 bits per heavy atom. The first-order valence-electron chi connectivity index (χ1n) is 11.6. The first-order valence-corrected chi connectivity index (χ1v) is 11.6. The highest BCUT2D eigenvalue weighted by Gasteiger charge is 2.43. The second-order valence-electron chi connectivity index (χ2n) is 9.25. The molecular weight excluding hydrogens is 409 g/mol. The Hall–Kier alpha value is -2.32. The van der Waals surface area contributed by atoms with E-state index in [0.29, 0.717) is 12.5 Å². The van der Waals surface area contributed by atoms with Crippen LogP contribution in [0.25, 0.3) is 0 Å². The lowest BCUT2D eigenvalue weighted by Crippen LogP contribution is -2.40. The maximum absolute atomic E-state index is 13.0. The van der Waals surface area contributed by atoms with Gasteiger partial charge in [-0.1, -0.05) is 48.9 Å². The third kappa shape index (κ3) is 5.72. The van der Waals surface area contributed by atoms with Crippen LogP contribution in [0, 0.1) is 17.2 Å². The van der Waals surface area contributed by atoms with E-state index in [4.69, 9.17) is 0 Å². The second-order valence-corrected chi connectivity index (χ2v) is 9.25. The summed E-state index contributed by atoms with van der Waals surface area (Å²) in [6, 6.07) is 18.7. The van der Waals surface area contributed by atoms with Crippen LogP contribution >= 0.6 is 0 Å². The van der Waals surface area contributed by atoms with E-state index in [1.54, 1.807) is 0 Å². The molecule has 1 unspecified atom stereocenters. The Labute approximate surface area is 190 Å². The van der Waals surface area contributed by atoms with Crippen molar-refractivity contribution < 1.29 is 13.2 Å². The summed E-state index contributed by atoms with van der Waals surface area (Å²) in [5, 5.41) is 10.2. The summed E-state index contributed by atoms with van der Waals surface area (Å²) in [6.45, 7) is 6.20. The van der Waals surface area contributed by atoms with Gasteiger partial charge in [-0.15, -0.1) is 0 Å². The largest absolute Gasteiger partial charge is 0.416 e. The van der Waals surface area contributed by atoms with Crippen molar-refractivity contribution in [1.29, 1.82) is 5.26 Å². The molecule has 0 aromatic heterocycles. The summed E-state index contributed by atoms with van der Waals surface area (Å²) in [6.07, 6.45) is 1.16. The highest BCUT2D eigenvalue weighted by atomic mass is 19.4. The molecule has 0 N–H and O–H groups in total. The maximum Gasteiger partial charge on any atom is 0.416 e. The van der Waals surface area contributed by atoms with Gasteiger partial charge in [-0.25, -0.2) is 0 Å². The second kappa shape index (κ2) is 10.5. The molecule has 2 nitrogen and oxygen atoms in total. The van der Waals surface area contributed by atoms with Crippen molar-refractivity contribution >= 4 is 0 Å². The topological polar surface area (TPSA) is 27.0 Å². The monoisotopic (exact) mass is 442 g/mol. The van der Waals surface area contributed by atoms with Crippen LogP contribution in [0.5, 0.6) is 0 Å². The van der Waals surface area contributed by atoms with E-state index in [2.05, 4.69) is 49.1 Å². The van der Waals surface area contributed by atoms with Crippen LogP contribution in [-0.2, 0) is 18.0 Å². The molecule has 0 amide bonds. The standard InChI is InChI=1S/C27H33F3N2/c1-21(2)32(19-16-22-8-4-3-5-9-22)18-7-17-26(20-31,23-10-6-11-23)24-12-14-25(15-13-24)27(28,29)30/h3-5,8-9,12-15,21,23H,6-7,10-11,16-19H2,1-2H3. The Balaban J connectivity index is 1.69. The van der Waals surface area contributed by atoms with Gasteiger partial charge in [0, 0.05) is 12.6 Å². The van der Waals surface area contributed by atoms with Crippen LogP contribution in [0.15, 0.2) is 54.6 Å². The van der Waals surface area contributed by atoms with Gasteiger partial charge in [-0.2, -0.15) is 18.4 Å². The van der Waals surface area contributed by atoms with Gasteiger partial charge >= 0.3 is 6.18 Å². The molecule has 172 valence electrons. The molecule has 1 aliphatic carbocycles. The maximum atomic E-state index is 13.0. The molecule has 0 saturated heterocycles. The number of rotatable bonds is 10. The van der Waals surface area contributed by atoms with Gasteiger partial charge in [0.1, 0.15) is 0 Å². The molecule has 1 saturated carbocycles. The fourth-order valence-corrected chi connectivity index (χ4v) is 4.76. The molecular formula is C27H33F3N2. The minimum atomic E-state index is -4.36. The fraction of sp³-hybridized carbons (Fsp3) is 0.519. The van der Waals surface area contributed by atoms with E-state index in [-0.39, 0.29) is 5.92 Å². The highest BCUT2D eigenvalue weighted by Crippen LogP contribution is 2.47. The summed E-state index contributed by atoms with van der Waals surface area (Å²) >= 11 is 0. The van der Waals surface area contributed by atoms with E-state index in [9.17, 15) is 18.4 Å². The van der Waals surface area contributed by atoms with Crippen LogP contribution < -0.4 is 0 Å². The number of hydrogen-bond acceptors (Lipinski definition) is 2. The molecule has 0 spiro atoms. The number of benzene rings is 2. The van der Waals surface area contributed by atoms with Gasteiger partial charge in [0.25, 0.3) is 0 Å². The average Bonchev–Trinajstić information content (AvgIpc) is 2.74. The Morgan fingerprint density at radius 1 is 0.969 bits per heavy atom. The molecule has 2 aromatic carbocycles. The van der Waals surface area contributed by atoms with Crippen LogP contribution in [0.2, 0.25) is 0 Å². The van der Waals surface area contributed by atoms with Crippen molar-refractivity contribution in [3.63, 3.8) is 0 Å². The van der Waals surface area contributed by atoms with Gasteiger partial charge in [-0.05, 0) is 81.7 Å². The van der Waals surface area contributed by atoms with Crippen LogP contribution in [0.4, 0.5) is 13.2 Å². The van der Waals surface area contributed by atoms with Crippen LogP contribution in [0.3, 0.4) is 0 Å². The van der Waals surface area contributed by atoms with E-state index in [1.807, 2.05) is 6.07 Å². The molecule has 1 atom stereocenters. The SMILES string of the molecule is CC(C)N(CCCC(C#N)(c1ccc(C(F)(F)F)cc1)C1CCC1)CCc1ccccc1. The van der Waals surface area contributed by atoms with Crippen molar-refractivity contribution in [2.75, 3.05) is 13.1 Å². The van der Waals surface area contributed by atoms with Crippen LogP contribution in [-0.4, -0.2) is 24.0 Å². The normalized spacial score (nSPS) is 16.6. The fourth-order valence-electron chi connectivity index (χ4n) is 4.76. The molecule has 0 radical (unpaired) electrons. The predicted molar refractivity (Wildman–Crippen MR) is 122 cm³/mol. The van der Waals surface area contributed by atoms with E-state index in [1.165, 1.54) is 17.7 Å². The molecule has 0 bridgehead atoms. The molecule has 32 heavy (non-hydrogen) atoms. The minimum Gasteiger partial charge on any atom is -0.301 e. The van der Waals surface area contributed by atoms with Crippen molar-refractivity contribution in [2.24, 2.45) is 5.92 Å². The molecule has 5 heteroatoms. The first kappa shape index (κ1) is 24.3. The highest BCUT2D eigenvalue weighted by molar-refractivity contribution is 5.37. The summed E-state index contributed by atoms with van der Waals surface area (Å²) in [7, 11) is 0. The number of hydrogen-bond donors (Lipinski definition) is 0. The van der Waals surface area contributed by atoms with Gasteiger partial charge in [0.2, 0.25) is 0 Å². The molecule has 1 aliphatic rings. The van der Waals surface area contributed by atoms with E-state index in [0.717, 1.165) is 62.9 Å².